The van der Waals surface area contributed by atoms with Crippen molar-refractivity contribution < 1.29 is 23.1 Å². The molecule has 114 valence electrons. The summed E-state index contributed by atoms with van der Waals surface area (Å²) in [7, 11) is 1.40. The minimum Gasteiger partial charge on any atom is -0.375 e. The van der Waals surface area contributed by atoms with Crippen molar-refractivity contribution in [2.45, 2.75) is 13.0 Å². The van der Waals surface area contributed by atoms with Gasteiger partial charge >= 0.3 is 0 Å². The molecular formula is C14H16F2N2O3. The zero-order chi connectivity index (χ0) is 15.6. The molecule has 1 unspecified atom stereocenters. The van der Waals surface area contributed by atoms with Gasteiger partial charge in [0, 0.05) is 26.3 Å². The van der Waals surface area contributed by atoms with E-state index < -0.39 is 23.6 Å². The standard InChI is InChI=1S/C14H16F2N2O3/c1-9-14(20)18(6-5-17(9)13(19)8-21-2)12-4-3-10(15)7-11(12)16/h3-4,7,9H,5-6,8H2,1-2H3. The topological polar surface area (TPSA) is 49.9 Å². The molecule has 1 aliphatic rings. The quantitative estimate of drug-likeness (QED) is 0.842. The van der Waals surface area contributed by atoms with Crippen LogP contribution in [0, 0.1) is 11.6 Å². The van der Waals surface area contributed by atoms with Crippen LogP contribution in [0.4, 0.5) is 14.5 Å². The van der Waals surface area contributed by atoms with Crippen molar-refractivity contribution in [3.63, 3.8) is 0 Å². The van der Waals surface area contributed by atoms with E-state index >= 15 is 0 Å². The molecule has 7 heteroatoms. The van der Waals surface area contributed by atoms with Crippen LogP contribution in [0.3, 0.4) is 0 Å². The fourth-order valence-electron chi connectivity index (χ4n) is 2.36. The van der Waals surface area contributed by atoms with Crippen LogP contribution >= 0.6 is 0 Å². The summed E-state index contributed by atoms with van der Waals surface area (Å²) in [6.45, 7) is 1.89. The van der Waals surface area contributed by atoms with Gasteiger partial charge in [-0.15, -0.1) is 0 Å². The first kappa shape index (κ1) is 15.4. The first-order valence-corrected chi connectivity index (χ1v) is 6.50. The first-order chi connectivity index (χ1) is 9.95. The number of hydrogen-bond acceptors (Lipinski definition) is 3. The Morgan fingerprint density at radius 1 is 1.38 bits per heavy atom. The number of piperazine rings is 1. The van der Waals surface area contributed by atoms with Crippen molar-refractivity contribution in [2.75, 3.05) is 31.7 Å². The number of carbonyl (C=O) groups is 2. The summed E-state index contributed by atoms with van der Waals surface area (Å²) in [6, 6.07) is 2.34. The Morgan fingerprint density at radius 3 is 2.71 bits per heavy atom. The van der Waals surface area contributed by atoms with Gasteiger partial charge in [0.15, 0.2) is 0 Å². The Labute approximate surface area is 121 Å². The molecule has 0 radical (unpaired) electrons. The van der Waals surface area contributed by atoms with E-state index in [1.807, 2.05) is 0 Å². The molecule has 2 amide bonds. The third-order valence-electron chi connectivity index (χ3n) is 3.44. The number of nitrogens with zero attached hydrogens (tertiary/aromatic N) is 2. The van der Waals surface area contributed by atoms with Gasteiger partial charge in [0.05, 0.1) is 5.69 Å². The zero-order valence-electron chi connectivity index (χ0n) is 11.8. The van der Waals surface area contributed by atoms with Gasteiger partial charge in [-0.3, -0.25) is 9.59 Å². The van der Waals surface area contributed by atoms with Gasteiger partial charge in [-0.2, -0.15) is 0 Å². The largest absolute Gasteiger partial charge is 0.375 e. The molecule has 5 nitrogen and oxygen atoms in total. The molecule has 0 N–H and O–H groups in total. The Balaban J connectivity index is 2.19. The van der Waals surface area contributed by atoms with E-state index in [9.17, 15) is 18.4 Å². The molecule has 1 saturated heterocycles. The minimum absolute atomic E-state index is 0.0205. The van der Waals surface area contributed by atoms with Gasteiger partial charge in [0.25, 0.3) is 0 Å². The highest BCUT2D eigenvalue weighted by Gasteiger charge is 2.35. The maximum Gasteiger partial charge on any atom is 0.249 e. The number of rotatable bonds is 3. The van der Waals surface area contributed by atoms with E-state index in [1.54, 1.807) is 6.92 Å². The number of halogens is 2. The lowest BCUT2D eigenvalue weighted by atomic mass is 10.1. The first-order valence-electron chi connectivity index (χ1n) is 6.50. The monoisotopic (exact) mass is 298 g/mol. The molecule has 0 saturated carbocycles. The number of hydrogen-bond donors (Lipinski definition) is 0. The second-order valence-electron chi connectivity index (χ2n) is 4.78. The molecule has 2 rings (SSSR count). The van der Waals surface area contributed by atoms with Crippen LogP contribution < -0.4 is 4.90 Å². The van der Waals surface area contributed by atoms with E-state index in [4.69, 9.17) is 4.74 Å². The number of benzene rings is 1. The lowest BCUT2D eigenvalue weighted by Crippen LogP contribution is -2.58. The summed E-state index contributed by atoms with van der Waals surface area (Å²) in [5.41, 5.74) is 0.0205. The predicted octanol–water partition coefficient (Wildman–Crippen LogP) is 1.17. The molecule has 1 aromatic rings. The molecule has 0 bridgehead atoms. The average molecular weight is 298 g/mol. The third kappa shape index (κ3) is 3.02. The van der Waals surface area contributed by atoms with Gasteiger partial charge in [-0.25, -0.2) is 8.78 Å². The molecule has 1 aliphatic heterocycles. The average Bonchev–Trinajstić information content (AvgIpc) is 2.43. The van der Waals surface area contributed by atoms with E-state index in [1.165, 1.54) is 23.0 Å². The highest BCUT2D eigenvalue weighted by atomic mass is 19.1. The molecular weight excluding hydrogens is 282 g/mol. The van der Waals surface area contributed by atoms with Gasteiger partial charge in [0.1, 0.15) is 24.3 Å². The van der Waals surface area contributed by atoms with Crippen LogP contribution in [0.5, 0.6) is 0 Å². The van der Waals surface area contributed by atoms with E-state index in [-0.39, 0.29) is 31.3 Å². The number of anilines is 1. The molecule has 1 atom stereocenters. The van der Waals surface area contributed by atoms with Gasteiger partial charge in [-0.05, 0) is 19.1 Å². The number of methoxy groups -OCH3 is 1. The summed E-state index contributed by atoms with van der Waals surface area (Å²) in [5, 5.41) is 0. The summed E-state index contributed by atoms with van der Waals surface area (Å²) in [4.78, 5) is 26.8. The summed E-state index contributed by atoms with van der Waals surface area (Å²) in [6.07, 6.45) is 0. The van der Waals surface area contributed by atoms with Crippen molar-refractivity contribution in [3.8, 4) is 0 Å². The number of ether oxygens (including phenoxy) is 1. The smallest absolute Gasteiger partial charge is 0.249 e. The second kappa shape index (κ2) is 6.17. The fraction of sp³-hybridized carbons (Fsp3) is 0.429. The lowest BCUT2D eigenvalue weighted by molar-refractivity contribution is -0.143. The van der Waals surface area contributed by atoms with E-state index in [0.717, 1.165) is 12.1 Å². The summed E-state index contributed by atoms with van der Waals surface area (Å²) in [5.74, 6) is -2.20. The number of amides is 2. The minimum atomic E-state index is -0.799. The molecule has 1 aromatic carbocycles. The molecule has 0 spiro atoms. The third-order valence-corrected chi connectivity index (χ3v) is 3.44. The Bertz CT molecular complexity index is 565. The summed E-state index contributed by atoms with van der Waals surface area (Å²) >= 11 is 0. The highest BCUT2D eigenvalue weighted by Crippen LogP contribution is 2.24. The predicted molar refractivity (Wildman–Crippen MR) is 71.8 cm³/mol. The molecule has 0 aliphatic carbocycles. The maximum absolute atomic E-state index is 13.8. The molecule has 21 heavy (non-hydrogen) atoms. The van der Waals surface area contributed by atoms with Crippen molar-refractivity contribution >= 4 is 17.5 Å². The van der Waals surface area contributed by atoms with Crippen molar-refractivity contribution in [1.82, 2.24) is 4.90 Å². The van der Waals surface area contributed by atoms with Crippen LogP contribution in [0.25, 0.3) is 0 Å². The Hall–Kier alpha value is -2.02. The Morgan fingerprint density at radius 2 is 2.10 bits per heavy atom. The molecule has 1 fully saturated rings. The SMILES string of the molecule is COCC(=O)N1CCN(c2ccc(F)cc2F)C(=O)C1C. The van der Waals surface area contributed by atoms with Crippen LogP contribution in [-0.4, -0.2) is 49.6 Å². The van der Waals surface area contributed by atoms with Crippen LogP contribution in [0.1, 0.15) is 6.92 Å². The normalized spacial score (nSPS) is 19.0. The van der Waals surface area contributed by atoms with Crippen molar-refractivity contribution in [3.05, 3.63) is 29.8 Å². The Kier molecular flexibility index (Phi) is 4.52. The molecule has 0 aromatic heterocycles. The van der Waals surface area contributed by atoms with Crippen molar-refractivity contribution in [2.24, 2.45) is 0 Å². The lowest BCUT2D eigenvalue weighted by Gasteiger charge is -2.39. The van der Waals surface area contributed by atoms with E-state index in [0.29, 0.717) is 0 Å². The van der Waals surface area contributed by atoms with Crippen LogP contribution in [0.15, 0.2) is 18.2 Å². The van der Waals surface area contributed by atoms with Crippen LogP contribution in [-0.2, 0) is 14.3 Å². The number of carbonyl (C=O) groups excluding carboxylic acids is 2. The highest BCUT2D eigenvalue weighted by molar-refractivity contribution is 6.00. The second-order valence-corrected chi connectivity index (χ2v) is 4.78. The maximum atomic E-state index is 13.8. The molecule has 1 heterocycles. The van der Waals surface area contributed by atoms with Crippen molar-refractivity contribution in [1.29, 1.82) is 0 Å². The summed E-state index contributed by atoms with van der Waals surface area (Å²) < 4.78 is 31.5. The fourth-order valence-corrected chi connectivity index (χ4v) is 2.36. The van der Waals surface area contributed by atoms with Gasteiger partial charge in [0.2, 0.25) is 11.8 Å². The van der Waals surface area contributed by atoms with E-state index in [2.05, 4.69) is 0 Å². The van der Waals surface area contributed by atoms with Gasteiger partial charge in [-0.1, -0.05) is 0 Å². The van der Waals surface area contributed by atoms with Crippen LogP contribution in [0.2, 0.25) is 0 Å². The zero-order valence-corrected chi connectivity index (χ0v) is 11.8. The van der Waals surface area contributed by atoms with Gasteiger partial charge < -0.3 is 14.5 Å².